The molecule has 0 fully saturated rings. The standard InChI is InChI=1S/C14H13ClN2O2S2/c15-12-6-8-13(9-7-12)16-14(18)17-21(19,20)10-11-4-2-1-3-5-11/h1-9H,10H2,(H2,16,17,18). The monoisotopic (exact) mass is 340 g/mol. The van der Waals surface area contributed by atoms with E-state index < -0.39 is 14.7 Å². The maximum atomic E-state index is 12.2. The molecule has 0 heterocycles. The summed E-state index contributed by atoms with van der Waals surface area (Å²) < 4.78 is 14.6. The average Bonchev–Trinajstić information content (AvgIpc) is 2.41. The van der Waals surface area contributed by atoms with Gasteiger partial charge >= 0.3 is 6.03 Å². The maximum absolute atomic E-state index is 12.2. The highest BCUT2D eigenvalue weighted by Gasteiger charge is 2.12. The van der Waals surface area contributed by atoms with Gasteiger partial charge in [-0.3, -0.25) is 4.72 Å². The van der Waals surface area contributed by atoms with Crippen LogP contribution in [0.2, 0.25) is 5.02 Å². The zero-order valence-electron chi connectivity index (χ0n) is 10.9. The van der Waals surface area contributed by atoms with Gasteiger partial charge in [0, 0.05) is 21.9 Å². The first kappa shape index (κ1) is 15.8. The summed E-state index contributed by atoms with van der Waals surface area (Å²) in [6.07, 6.45) is 0. The minimum atomic E-state index is -2.92. The summed E-state index contributed by atoms with van der Waals surface area (Å²) in [7, 11) is -2.92. The molecule has 0 aliphatic heterocycles. The van der Waals surface area contributed by atoms with Crippen molar-refractivity contribution in [1.82, 2.24) is 4.72 Å². The van der Waals surface area contributed by atoms with Crippen LogP contribution in [0.15, 0.2) is 54.6 Å². The normalized spacial score (nSPS) is 13.2. The molecule has 21 heavy (non-hydrogen) atoms. The highest BCUT2D eigenvalue weighted by Crippen LogP contribution is 2.13. The summed E-state index contributed by atoms with van der Waals surface area (Å²) in [5, 5.41) is 3.12. The first-order valence-corrected chi connectivity index (χ1v) is 9.09. The van der Waals surface area contributed by atoms with E-state index in [0.29, 0.717) is 10.7 Å². The molecule has 2 N–H and O–H groups in total. The molecule has 0 aromatic heterocycles. The van der Waals surface area contributed by atoms with Crippen molar-refractivity contribution in [3.8, 4) is 0 Å². The van der Waals surface area contributed by atoms with Crippen molar-refractivity contribution < 1.29 is 9.00 Å². The lowest BCUT2D eigenvalue weighted by Crippen LogP contribution is -2.34. The predicted octanol–water partition coefficient (Wildman–Crippen LogP) is 3.32. The van der Waals surface area contributed by atoms with Gasteiger partial charge in [0.05, 0.1) is 5.75 Å². The molecule has 0 aliphatic carbocycles. The summed E-state index contributed by atoms with van der Waals surface area (Å²) in [5.74, 6) is 0.108. The lowest BCUT2D eigenvalue weighted by Gasteiger charge is -2.11. The van der Waals surface area contributed by atoms with Crippen LogP contribution in [0.1, 0.15) is 5.56 Å². The van der Waals surface area contributed by atoms with E-state index in [-0.39, 0.29) is 5.75 Å². The molecule has 110 valence electrons. The third kappa shape index (κ3) is 5.34. The van der Waals surface area contributed by atoms with Crippen LogP contribution < -0.4 is 10.0 Å². The van der Waals surface area contributed by atoms with Gasteiger partial charge in [-0.25, -0.2) is 9.00 Å². The maximum Gasteiger partial charge on any atom is 0.331 e. The second-order valence-corrected chi connectivity index (χ2v) is 8.08. The highest BCUT2D eigenvalue weighted by atomic mass is 35.5. The van der Waals surface area contributed by atoms with Crippen molar-refractivity contribution in [2.45, 2.75) is 5.75 Å². The summed E-state index contributed by atoms with van der Waals surface area (Å²) in [6, 6.07) is 15.1. The number of rotatable bonds is 4. The molecule has 0 saturated carbocycles. The number of anilines is 1. The minimum absolute atomic E-state index is 0.108. The topological polar surface area (TPSA) is 58.2 Å². The lowest BCUT2D eigenvalue weighted by atomic mass is 10.2. The molecular formula is C14H13ClN2O2S2. The molecular weight excluding hydrogens is 328 g/mol. The number of hydrogen-bond acceptors (Lipinski definition) is 3. The summed E-state index contributed by atoms with van der Waals surface area (Å²) in [6.45, 7) is 0. The van der Waals surface area contributed by atoms with Crippen LogP contribution in [-0.4, -0.2) is 10.2 Å². The van der Waals surface area contributed by atoms with Gasteiger partial charge in [-0.15, -0.1) is 0 Å². The van der Waals surface area contributed by atoms with E-state index in [1.54, 1.807) is 24.3 Å². The summed E-state index contributed by atoms with van der Waals surface area (Å²) >= 11 is 10.7. The quantitative estimate of drug-likeness (QED) is 0.897. The van der Waals surface area contributed by atoms with Crippen molar-refractivity contribution in [2.24, 2.45) is 0 Å². The van der Waals surface area contributed by atoms with Gasteiger partial charge < -0.3 is 5.32 Å². The minimum Gasteiger partial charge on any atom is -0.307 e. The van der Waals surface area contributed by atoms with Crippen molar-refractivity contribution in [2.75, 3.05) is 5.32 Å². The number of hydrogen-bond donors (Lipinski definition) is 2. The molecule has 4 nitrogen and oxygen atoms in total. The molecule has 0 aliphatic rings. The number of amides is 2. The van der Waals surface area contributed by atoms with E-state index >= 15 is 0 Å². The number of halogens is 1. The first-order chi connectivity index (χ1) is 9.94. The third-order valence-electron chi connectivity index (χ3n) is 2.55. The van der Waals surface area contributed by atoms with Crippen LogP contribution in [0.4, 0.5) is 10.5 Å². The van der Waals surface area contributed by atoms with Crippen LogP contribution in [0.3, 0.4) is 0 Å². The van der Waals surface area contributed by atoms with Crippen LogP contribution in [-0.2, 0) is 25.6 Å². The Bertz CT molecular complexity index is 716. The molecule has 1 unspecified atom stereocenters. The van der Waals surface area contributed by atoms with Gasteiger partial charge in [-0.2, -0.15) is 0 Å². The van der Waals surface area contributed by atoms with Gasteiger partial charge in [-0.1, -0.05) is 41.9 Å². The fourth-order valence-electron chi connectivity index (χ4n) is 1.66. The third-order valence-corrected chi connectivity index (χ3v) is 4.62. The largest absolute Gasteiger partial charge is 0.331 e. The molecule has 0 saturated heterocycles. The molecule has 2 aromatic rings. The van der Waals surface area contributed by atoms with E-state index in [2.05, 4.69) is 10.0 Å². The Hall–Kier alpha value is -1.63. The van der Waals surface area contributed by atoms with Gasteiger partial charge in [0.15, 0.2) is 0 Å². The second-order valence-electron chi connectivity index (χ2n) is 4.31. The fraction of sp³-hybridized carbons (Fsp3) is 0.0714. The number of urea groups is 1. The van der Waals surface area contributed by atoms with Gasteiger partial charge in [0.2, 0.25) is 0 Å². The second kappa shape index (κ2) is 6.89. The van der Waals surface area contributed by atoms with Crippen molar-refractivity contribution in [3.05, 3.63) is 65.2 Å². The first-order valence-electron chi connectivity index (χ1n) is 6.05. The lowest BCUT2D eigenvalue weighted by molar-refractivity contribution is 0.257. The molecule has 2 amide bonds. The Morgan fingerprint density at radius 2 is 1.71 bits per heavy atom. The zero-order valence-corrected chi connectivity index (χ0v) is 13.3. The molecule has 2 aromatic carbocycles. The number of nitrogens with one attached hydrogen (secondary N) is 2. The molecule has 0 radical (unpaired) electrons. The van der Waals surface area contributed by atoms with Crippen LogP contribution in [0.5, 0.6) is 0 Å². The fourth-order valence-corrected chi connectivity index (χ4v) is 3.46. The summed E-state index contributed by atoms with van der Waals surface area (Å²) in [5.41, 5.74) is 1.35. The predicted molar refractivity (Wildman–Crippen MR) is 89.3 cm³/mol. The Morgan fingerprint density at radius 1 is 1.10 bits per heavy atom. The SMILES string of the molecule is O=C(Nc1ccc(Cl)cc1)NS(=O)(=S)Cc1ccccc1. The van der Waals surface area contributed by atoms with Crippen LogP contribution in [0.25, 0.3) is 0 Å². The Morgan fingerprint density at radius 3 is 2.33 bits per heavy atom. The zero-order chi connectivity index (χ0) is 15.3. The highest BCUT2D eigenvalue weighted by molar-refractivity contribution is 8.31. The van der Waals surface area contributed by atoms with Crippen molar-refractivity contribution in [3.63, 3.8) is 0 Å². The van der Waals surface area contributed by atoms with E-state index in [0.717, 1.165) is 5.56 Å². The molecule has 0 spiro atoms. The van der Waals surface area contributed by atoms with Gasteiger partial charge in [0.25, 0.3) is 0 Å². The van der Waals surface area contributed by atoms with Crippen molar-refractivity contribution >= 4 is 43.2 Å². The van der Waals surface area contributed by atoms with E-state index in [1.807, 2.05) is 30.3 Å². The Labute approximate surface area is 133 Å². The number of carbonyl (C=O) groups is 1. The van der Waals surface area contributed by atoms with E-state index in [1.165, 1.54) is 0 Å². The van der Waals surface area contributed by atoms with E-state index in [4.69, 9.17) is 22.8 Å². The Kier molecular flexibility index (Phi) is 5.17. The molecule has 0 bridgehead atoms. The molecule has 7 heteroatoms. The van der Waals surface area contributed by atoms with Crippen molar-refractivity contribution in [1.29, 1.82) is 0 Å². The smallest absolute Gasteiger partial charge is 0.307 e. The number of benzene rings is 2. The van der Waals surface area contributed by atoms with Crippen LogP contribution >= 0.6 is 11.6 Å². The summed E-state index contributed by atoms with van der Waals surface area (Å²) in [4.78, 5) is 11.8. The Balaban J connectivity index is 1.96. The molecule has 1 atom stereocenters. The van der Waals surface area contributed by atoms with E-state index in [9.17, 15) is 9.00 Å². The van der Waals surface area contributed by atoms with Crippen LogP contribution in [0, 0.1) is 0 Å². The average molecular weight is 341 g/mol. The van der Waals surface area contributed by atoms with Gasteiger partial charge in [0.1, 0.15) is 8.68 Å². The van der Waals surface area contributed by atoms with Gasteiger partial charge in [-0.05, 0) is 29.8 Å². The number of carbonyl (C=O) groups excluding carboxylic acids is 1. The molecule has 2 rings (SSSR count).